The molecule has 3 rings (SSSR count). The molecule has 20 heavy (non-hydrogen) atoms. The van der Waals surface area contributed by atoms with Crippen molar-refractivity contribution < 1.29 is 0 Å². The van der Waals surface area contributed by atoms with E-state index in [1.54, 1.807) is 0 Å². The first-order chi connectivity index (χ1) is 9.90. The Balaban J connectivity index is 2.23. The zero-order valence-corrected chi connectivity index (χ0v) is 10.8. The summed E-state index contributed by atoms with van der Waals surface area (Å²) in [7, 11) is 0. The molecule has 0 aromatic heterocycles. The summed E-state index contributed by atoms with van der Waals surface area (Å²) in [6.07, 6.45) is 0. The lowest BCUT2D eigenvalue weighted by Crippen LogP contribution is -1.98. The van der Waals surface area contributed by atoms with E-state index >= 15 is 0 Å². The van der Waals surface area contributed by atoms with Crippen molar-refractivity contribution in [3.63, 3.8) is 0 Å². The van der Waals surface area contributed by atoms with Crippen LogP contribution in [0.3, 0.4) is 0 Å². The zero-order valence-electron chi connectivity index (χ0n) is 10.8. The molecule has 0 heterocycles. The average molecular weight is 259 g/mol. The Labute approximate surface area is 117 Å². The largest absolute Gasteiger partial charge is 0.0882 e. The van der Waals surface area contributed by atoms with Gasteiger partial charge in [0.15, 0.2) is 0 Å². The van der Waals surface area contributed by atoms with Crippen LogP contribution in [0, 0.1) is 0 Å². The van der Waals surface area contributed by atoms with E-state index in [4.69, 9.17) is 5.53 Å². The van der Waals surface area contributed by atoms with Gasteiger partial charge in [-0.05, 0) is 27.4 Å². The minimum absolute atomic E-state index is 0.299. The molecule has 0 fully saturated rings. The molecule has 0 saturated heterocycles. The Morgan fingerprint density at radius 2 is 1.50 bits per heavy atom. The molecule has 0 aliphatic carbocycles. The van der Waals surface area contributed by atoms with Gasteiger partial charge in [-0.1, -0.05) is 77.9 Å². The van der Waals surface area contributed by atoms with E-state index < -0.39 is 0 Å². The van der Waals surface area contributed by atoms with E-state index in [-0.39, 0.29) is 6.04 Å². The van der Waals surface area contributed by atoms with Gasteiger partial charge in [0, 0.05) is 4.91 Å². The zero-order chi connectivity index (χ0) is 13.8. The average Bonchev–Trinajstić information content (AvgIpc) is 2.53. The molecule has 0 aliphatic rings. The summed E-state index contributed by atoms with van der Waals surface area (Å²) in [5.74, 6) is 0. The van der Waals surface area contributed by atoms with E-state index in [0.717, 1.165) is 21.9 Å². The van der Waals surface area contributed by atoms with Crippen LogP contribution in [0.5, 0.6) is 0 Å². The van der Waals surface area contributed by atoms with Crippen LogP contribution in [0.4, 0.5) is 0 Å². The van der Waals surface area contributed by atoms with Crippen molar-refractivity contribution in [2.45, 2.75) is 6.04 Å². The lowest BCUT2D eigenvalue weighted by Gasteiger charge is -2.14. The maximum absolute atomic E-state index is 8.89. The SMILES string of the molecule is [N-]=[N+]=NC(c1ccccc1)c1cccc2ccccc12. The molecule has 3 aromatic carbocycles. The molecular weight excluding hydrogens is 246 g/mol. The van der Waals surface area contributed by atoms with Crippen molar-refractivity contribution in [3.8, 4) is 0 Å². The van der Waals surface area contributed by atoms with E-state index in [1.165, 1.54) is 0 Å². The van der Waals surface area contributed by atoms with Crippen molar-refractivity contribution in [3.05, 3.63) is 94.4 Å². The molecule has 1 unspecified atom stereocenters. The van der Waals surface area contributed by atoms with Gasteiger partial charge < -0.3 is 0 Å². The van der Waals surface area contributed by atoms with Gasteiger partial charge in [0.1, 0.15) is 0 Å². The molecule has 0 radical (unpaired) electrons. The van der Waals surface area contributed by atoms with Gasteiger partial charge >= 0.3 is 0 Å². The van der Waals surface area contributed by atoms with Gasteiger partial charge in [-0.15, -0.1) is 0 Å². The Kier molecular flexibility index (Phi) is 3.36. The molecule has 0 saturated carbocycles. The maximum atomic E-state index is 8.89. The smallest absolute Gasteiger partial charge is 0.0811 e. The van der Waals surface area contributed by atoms with Crippen LogP contribution in [-0.2, 0) is 0 Å². The van der Waals surface area contributed by atoms with Crippen LogP contribution in [0.2, 0.25) is 0 Å². The third-order valence-corrected chi connectivity index (χ3v) is 3.40. The fourth-order valence-corrected chi connectivity index (χ4v) is 2.48. The minimum Gasteiger partial charge on any atom is -0.0811 e. The summed E-state index contributed by atoms with van der Waals surface area (Å²) in [6, 6.07) is 23.8. The van der Waals surface area contributed by atoms with Crippen molar-refractivity contribution in [1.82, 2.24) is 0 Å². The second-order valence-corrected chi connectivity index (χ2v) is 4.59. The molecule has 0 amide bonds. The molecule has 0 bridgehead atoms. The summed E-state index contributed by atoms with van der Waals surface area (Å²) in [5.41, 5.74) is 10.9. The number of nitrogens with zero attached hydrogens (tertiary/aromatic N) is 3. The highest BCUT2D eigenvalue weighted by molar-refractivity contribution is 5.86. The van der Waals surface area contributed by atoms with Crippen LogP contribution in [0.15, 0.2) is 77.9 Å². The lowest BCUT2D eigenvalue weighted by molar-refractivity contribution is 0.868. The molecule has 0 spiro atoms. The number of rotatable bonds is 3. The van der Waals surface area contributed by atoms with Gasteiger partial charge in [-0.2, -0.15) is 0 Å². The standard InChI is InChI=1S/C17H13N3/c18-20-19-17(14-8-2-1-3-9-14)16-12-6-10-13-7-4-5-11-15(13)16/h1-12,17H. The number of hydrogen-bond donors (Lipinski definition) is 0. The predicted octanol–water partition coefficient (Wildman–Crippen LogP) is 5.24. The number of azide groups is 1. The van der Waals surface area contributed by atoms with Crippen molar-refractivity contribution in [1.29, 1.82) is 0 Å². The summed E-state index contributed by atoms with van der Waals surface area (Å²) in [4.78, 5) is 3.02. The van der Waals surface area contributed by atoms with Crippen molar-refractivity contribution >= 4 is 10.8 Å². The lowest BCUT2D eigenvalue weighted by atomic mass is 9.94. The van der Waals surface area contributed by atoms with E-state index in [9.17, 15) is 0 Å². The van der Waals surface area contributed by atoms with Gasteiger partial charge in [0.25, 0.3) is 0 Å². The molecule has 0 aliphatic heterocycles. The van der Waals surface area contributed by atoms with Gasteiger partial charge in [0.2, 0.25) is 0 Å². The Hall–Kier alpha value is -2.77. The Morgan fingerprint density at radius 1 is 0.800 bits per heavy atom. The second kappa shape index (κ2) is 5.47. The number of benzene rings is 3. The Bertz CT molecular complexity index is 769. The highest BCUT2D eigenvalue weighted by Crippen LogP contribution is 2.31. The molecule has 3 heteroatoms. The topological polar surface area (TPSA) is 48.8 Å². The highest BCUT2D eigenvalue weighted by atomic mass is 15.1. The molecule has 96 valence electrons. The summed E-state index contributed by atoms with van der Waals surface area (Å²) in [6.45, 7) is 0. The fraction of sp³-hybridized carbons (Fsp3) is 0.0588. The maximum Gasteiger partial charge on any atom is 0.0882 e. The molecular formula is C17H13N3. The molecule has 1 atom stereocenters. The Morgan fingerprint density at radius 3 is 2.30 bits per heavy atom. The number of hydrogen-bond acceptors (Lipinski definition) is 1. The first-order valence-electron chi connectivity index (χ1n) is 6.47. The molecule has 3 aromatic rings. The van der Waals surface area contributed by atoms with Crippen molar-refractivity contribution in [2.24, 2.45) is 5.11 Å². The molecule has 3 nitrogen and oxygen atoms in total. The highest BCUT2D eigenvalue weighted by Gasteiger charge is 2.14. The van der Waals surface area contributed by atoms with Crippen LogP contribution < -0.4 is 0 Å². The summed E-state index contributed by atoms with van der Waals surface area (Å²) >= 11 is 0. The predicted molar refractivity (Wildman–Crippen MR) is 81.4 cm³/mol. The monoisotopic (exact) mass is 259 g/mol. The van der Waals surface area contributed by atoms with Crippen LogP contribution in [-0.4, -0.2) is 0 Å². The minimum atomic E-state index is -0.299. The van der Waals surface area contributed by atoms with Gasteiger partial charge in [-0.3, -0.25) is 0 Å². The van der Waals surface area contributed by atoms with Crippen LogP contribution in [0.25, 0.3) is 21.2 Å². The second-order valence-electron chi connectivity index (χ2n) is 4.59. The summed E-state index contributed by atoms with van der Waals surface area (Å²) in [5, 5.41) is 6.27. The van der Waals surface area contributed by atoms with E-state index in [2.05, 4.69) is 28.2 Å². The summed E-state index contributed by atoms with van der Waals surface area (Å²) < 4.78 is 0. The van der Waals surface area contributed by atoms with E-state index in [1.807, 2.05) is 54.6 Å². The van der Waals surface area contributed by atoms with Crippen LogP contribution in [0.1, 0.15) is 17.2 Å². The number of fused-ring (bicyclic) bond motifs is 1. The third-order valence-electron chi connectivity index (χ3n) is 3.40. The first kappa shape index (κ1) is 12.3. The van der Waals surface area contributed by atoms with Crippen LogP contribution >= 0.6 is 0 Å². The van der Waals surface area contributed by atoms with Gasteiger partial charge in [-0.25, -0.2) is 0 Å². The fourth-order valence-electron chi connectivity index (χ4n) is 2.48. The third kappa shape index (κ3) is 2.22. The molecule has 0 N–H and O–H groups in total. The van der Waals surface area contributed by atoms with E-state index in [0.29, 0.717) is 0 Å². The van der Waals surface area contributed by atoms with Crippen molar-refractivity contribution in [2.75, 3.05) is 0 Å². The normalized spacial score (nSPS) is 11.8. The quantitative estimate of drug-likeness (QED) is 0.351. The first-order valence-corrected chi connectivity index (χ1v) is 6.47. The van der Waals surface area contributed by atoms with Gasteiger partial charge in [0.05, 0.1) is 6.04 Å².